The standard InChI is InChI=1S/C56H56P2/c1-33-13-15-49-51(29-33)43(11)31-53(57(45-21-35(3)17-36(4)22-45)46-23-37(5)18-38(6)24-46)55(49)56-50-16-14-34(2)30-52(50)44(12)32-54(56)58(47-25-39(7)19-40(8)26-47)48-27-41(9)20-42(10)28-48/h13-32H,1-12H3. The van der Waals surface area contributed by atoms with Crippen molar-refractivity contribution in [2.24, 2.45) is 0 Å². The highest BCUT2D eigenvalue weighted by Crippen LogP contribution is 2.47. The smallest absolute Gasteiger partial charge is 0.000863 e. The van der Waals surface area contributed by atoms with Gasteiger partial charge in [0.1, 0.15) is 0 Å². The third-order valence-corrected chi connectivity index (χ3v) is 16.3. The van der Waals surface area contributed by atoms with E-state index in [1.165, 1.54) is 131 Å². The van der Waals surface area contributed by atoms with Crippen molar-refractivity contribution in [2.45, 2.75) is 83.1 Å². The summed E-state index contributed by atoms with van der Waals surface area (Å²) in [6.45, 7) is 27.2. The van der Waals surface area contributed by atoms with E-state index in [0.717, 1.165) is 0 Å². The van der Waals surface area contributed by atoms with Crippen LogP contribution in [-0.2, 0) is 0 Å². The van der Waals surface area contributed by atoms with Crippen LogP contribution in [0, 0.1) is 83.1 Å². The van der Waals surface area contributed by atoms with E-state index < -0.39 is 15.8 Å². The van der Waals surface area contributed by atoms with Gasteiger partial charge in [-0.25, -0.2) is 0 Å². The van der Waals surface area contributed by atoms with E-state index >= 15 is 0 Å². The molecule has 0 aliphatic rings. The lowest BCUT2D eigenvalue weighted by atomic mass is 9.89. The summed E-state index contributed by atoms with van der Waals surface area (Å²) in [7, 11) is -1.95. The van der Waals surface area contributed by atoms with Crippen LogP contribution in [0.3, 0.4) is 0 Å². The summed E-state index contributed by atoms with van der Waals surface area (Å²) < 4.78 is 0. The molecule has 290 valence electrons. The van der Waals surface area contributed by atoms with Gasteiger partial charge >= 0.3 is 0 Å². The summed E-state index contributed by atoms with van der Waals surface area (Å²) in [6, 6.07) is 48.5. The zero-order chi connectivity index (χ0) is 41.2. The minimum Gasteiger partial charge on any atom is -0.0587 e. The van der Waals surface area contributed by atoms with Gasteiger partial charge in [-0.2, -0.15) is 0 Å². The van der Waals surface area contributed by atoms with Gasteiger partial charge in [-0.1, -0.05) is 165 Å². The molecule has 0 fully saturated rings. The Labute approximate surface area is 349 Å². The minimum absolute atomic E-state index is 0.975. The van der Waals surface area contributed by atoms with Crippen molar-refractivity contribution in [3.8, 4) is 11.1 Å². The highest BCUT2D eigenvalue weighted by atomic mass is 31.1. The van der Waals surface area contributed by atoms with Crippen LogP contribution in [0.1, 0.15) is 66.8 Å². The lowest BCUT2D eigenvalue weighted by molar-refractivity contribution is 1.40. The van der Waals surface area contributed by atoms with Crippen LogP contribution in [0.4, 0.5) is 0 Å². The Bertz CT molecular complexity index is 2540. The second kappa shape index (κ2) is 15.7. The summed E-state index contributed by atoms with van der Waals surface area (Å²) in [4.78, 5) is 0. The fourth-order valence-electron chi connectivity index (χ4n) is 9.44. The van der Waals surface area contributed by atoms with Crippen molar-refractivity contribution in [1.82, 2.24) is 0 Å². The predicted molar refractivity (Wildman–Crippen MR) is 261 cm³/mol. The molecule has 0 aliphatic heterocycles. The van der Waals surface area contributed by atoms with E-state index in [1.54, 1.807) is 0 Å². The first-order chi connectivity index (χ1) is 27.6. The maximum Gasteiger partial charge on any atom is -0.000863 e. The van der Waals surface area contributed by atoms with Crippen molar-refractivity contribution in [3.63, 3.8) is 0 Å². The van der Waals surface area contributed by atoms with Crippen molar-refractivity contribution in [2.75, 3.05) is 0 Å². The molecule has 2 heteroatoms. The number of fused-ring (bicyclic) bond motifs is 2. The zero-order valence-electron chi connectivity index (χ0n) is 36.4. The third-order valence-electron chi connectivity index (χ3n) is 11.5. The maximum atomic E-state index is 2.58. The van der Waals surface area contributed by atoms with Crippen LogP contribution in [0.2, 0.25) is 0 Å². The largest absolute Gasteiger partial charge is 0.0587 e. The second-order valence-corrected chi connectivity index (χ2v) is 21.7. The molecule has 0 N–H and O–H groups in total. The topological polar surface area (TPSA) is 0 Å². The van der Waals surface area contributed by atoms with E-state index in [1.807, 2.05) is 0 Å². The average molecular weight is 791 g/mol. The number of aryl methyl sites for hydroxylation is 12. The van der Waals surface area contributed by atoms with E-state index in [0.29, 0.717) is 0 Å². The van der Waals surface area contributed by atoms with E-state index in [9.17, 15) is 0 Å². The van der Waals surface area contributed by atoms with Gasteiger partial charge in [0.2, 0.25) is 0 Å². The molecule has 0 unspecified atom stereocenters. The minimum atomic E-state index is -0.975. The number of benzene rings is 8. The Morgan fingerprint density at radius 1 is 0.241 bits per heavy atom. The lowest BCUT2D eigenvalue weighted by Crippen LogP contribution is -2.27. The SMILES string of the molecule is Cc1cc(C)cc(P(c2cc(C)cc(C)c2)c2cc(C)c3cc(C)ccc3c2-c2c(P(c3cc(C)cc(C)c3)c3cc(C)cc(C)c3)cc(C)c3cc(C)ccc23)c1. The fraction of sp³-hybridized carbons (Fsp3) is 0.214. The predicted octanol–water partition coefficient (Wildman–Crippen LogP) is 12.9. The number of rotatable bonds is 7. The summed E-state index contributed by atoms with van der Waals surface area (Å²) in [5.74, 6) is 0. The zero-order valence-corrected chi connectivity index (χ0v) is 38.2. The molecular formula is C56H56P2. The molecule has 0 spiro atoms. The Morgan fingerprint density at radius 2 is 0.500 bits per heavy atom. The molecule has 8 aromatic rings. The van der Waals surface area contributed by atoms with Crippen molar-refractivity contribution in [3.05, 3.63) is 188 Å². The Hall–Kier alpha value is -4.86. The molecule has 0 aliphatic carbocycles. The highest BCUT2D eigenvalue weighted by Gasteiger charge is 2.30. The van der Waals surface area contributed by atoms with Gasteiger partial charge in [-0.15, -0.1) is 0 Å². The molecule has 0 aromatic heterocycles. The lowest BCUT2D eigenvalue weighted by Gasteiger charge is -2.30. The van der Waals surface area contributed by atoms with Crippen molar-refractivity contribution >= 4 is 69.2 Å². The number of hydrogen-bond donors (Lipinski definition) is 0. The molecule has 0 atom stereocenters. The maximum absolute atomic E-state index is 2.58. The normalized spacial score (nSPS) is 11.8. The molecule has 0 heterocycles. The van der Waals surface area contributed by atoms with E-state index in [-0.39, 0.29) is 0 Å². The van der Waals surface area contributed by atoms with E-state index in [2.05, 4.69) is 204 Å². The second-order valence-electron chi connectivity index (χ2n) is 17.3. The molecule has 8 rings (SSSR count). The first-order valence-electron chi connectivity index (χ1n) is 20.7. The molecule has 0 radical (unpaired) electrons. The molecule has 0 bridgehead atoms. The third kappa shape index (κ3) is 7.71. The summed E-state index contributed by atoms with van der Waals surface area (Å²) >= 11 is 0. The molecule has 0 nitrogen and oxygen atoms in total. The van der Waals surface area contributed by atoms with Crippen LogP contribution in [-0.4, -0.2) is 0 Å². The molecular weight excluding hydrogens is 735 g/mol. The van der Waals surface area contributed by atoms with Crippen LogP contribution in [0.15, 0.2) is 121 Å². The molecule has 0 saturated carbocycles. The van der Waals surface area contributed by atoms with Gasteiger partial charge in [0, 0.05) is 0 Å². The van der Waals surface area contributed by atoms with Crippen LogP contribution < -0.4 is 31.8 Å². The number of hydrogen-bond acceptors (Lipinski definition) is 0. The quantitative estimate of drug-likeness (QED) is 0.141. The van der Waals surface area contributed by atoms with E-state index in [4.69, 9.17) is 0 Å². The molecule has 0 amide bonds. The fourth-order valence-corrected chi connectivity index (χ4v) is 15.4. The highest BCUT2D eigenvalue weighted by molar-refractivity contribution is 7.81. The average Bonchev–Trinajstić information content (AvgIpc) is 3.11. The summed E-state index contributed by atoms with van der Waals surface area (Å²) in [5.41, 5.74) is 18.5. The van der Waals surface area contributed by atoms with Gasteiger partial charge < -0.3 is 0 Å². The van der Waals surface area contributed by atoms with Crippen molar-refractivity contribution in [1.29, 1.82) is 0 Å². The van der Waals surface area contributed by atoms with Gasteiger partial charge in [-0.3, -0.25) is 0 Å². The van der Waals surface area contributed by atoms with Gasteiger partial charge in [0.15, 0.2) is 0 Å². The van der Waals surface area contributed by atoms with Gasteiger partial charge in [-0.05, 0) is 187 Å². The Kier molecular flexibility index (Phi) is 10.8. The first kappa shape index (κ1) is 39.9. The monoisotopic (exact) mass is 790 g/mol. The molecule has 0 saturated heterocycles. The van der Waals surface area contributed by atoms with Crippen LogP contribution in [0.5, 0.6) is 0 Å². The molecule has 58 heavy (non-hydrogen) atoms. The van der Waals surface area contributed by atoms with Gasteiger partial charge in [0.05, 0.1) is 0 Å². The summed E-state index contributed by atoms with van der Waals surface area (Å²) in [5, 5.41) is 13.8. The Morgan fingerprint density at radius 3 is 0.759 bits per heavy atom. The molecule has 8 aromatic carbocycles. The van der Waals surface area contributed by atoms with Crippen LogP contribution in [0.25, 0.3) is 32.7 Å². The van der Waals surface area contributed by atoms with Crippen molar-refractivity contribution < 1.29 is 0 Å². The summed E-state index contributed by atoms with van der Waals surface area (Å²) in [6.07, 6.45) is 0. The van der Waals surface area contributed by atoms with Gasteiger partial charge in [0.25, 0.3) is 0 Å². The van der Waals surface area contributed by atoms with Crippen LogP contribution >= 0.6 is 15.8 Å². The first-order valence-corrected chi connectivity index (χ1v) is 23.3. The Balaban J connectivity index is 1.62.